The number of esters is 1. The van der Waals surface area contributed by atoms with E-state index in [-0.39, 0.29) is 25.2 Å². The molecule has 0 spiro atoms. The summed E-state index contributed by atoms with van der Waals surface area (Å²) in [6.07, 6.45) is 1.65. The van der Waals surface area contributed by atoms with E-state index in [0.29, 0.717) is 18.7 Å². The predicted molar refractivity (Wildman–Crippen MR) is 181 cm³/mol. The van der Waals surface area contributed by atoms with Crippen molar-refractivity contribution in [2.24, 2.45) is 10.4 Å². The lowest BCUT2D eigenvalue weighted by Gasteiger charge is -2.23. The molecule has 4 rings (SSSR count). The van der Waals surface area contributed by atoms with Gasteiger partial charge in [0.05, 0.1) is 46.4 Å². The van der Waals surface area contributed by atoms with Crippen LogP contribution in [0.3, 0.4) is 0 Å². The zero-order valence-electron chi connectivity index (χ0n) is 28.3. The molecule has 0 aromatic carbocycles. The lowest BCUT2D eigenvalue weighted by atomic mass is 9.85. The zero-order chi connectivity index (χ0) is 33.8. The number of nitrogens with one attached hydrogen (secondary N) is 1. The summed E-state index contributed by atoms with van der Waals surface area (Å²) >= 11 is 1.53. The maximum absolute atomic E-state index is 12.5. The number of methoxy groups -OCH3 is 2. The molecule has 11 nitrogen and oxygen atoms in total. The molecule has 12 heteroatoms. The van der Waals surface area contributed by atoms with Crippen LogP contribution in [-0.4, -0.2) is 75.0 Å². The number of aromatic nitrogens is 3. The molecule has 1 aliphatic heterocycles. The zero-order valence-corrected chi connectivity index (χ0v) is 29.2. The summed E-state index contributed by atoms with van der Waals surface area (Å²) in [6, 6.07) is 6.94. The molecule has 3 aromatic heterocycles. The van der Waals surface area contributed by atoms with Crippen molar-refractivity contribution < 1.29 is 28.9 Å². The van der Waals surface area contributed by atoms with Gasteiger partial charge in [-0.15, -0.1) is 11.8 Å². The number of aliphatic imine (C=N–C) groups is 1. The summed E-state index contributed by atoms with van der Waals surface area (Å²) in [5.74, 6) is 0.0738. The van der Waals surface area contributed by atoms with E-state index >= 15 is 0 Å². The minimum Gasteiger partial charge on any atom is -0.467 e. The molecule has 1 aliphatic rings. The normalized spacial score (nSPS) is 16.7. The number of thioether (sulfide) groups is 1. The Labute approximate surface area is 275 Å². The predicted octanol–water partition coefficient (Wildman–Crippen LogP) is 6.03. The molecule has 3 aromatic rings. The van der Waals surface area contributed by atoms with Gasteiger partial charge in [-0.25, -0.2) is 14.6 Å². The lowest BCUT2D eigenvalue weighted by Crippen LogP contribution is -2.44. The molecule has 0 fully saturated rings. The molecule has 0 radical (unpaired) electrons. The number of fused-ring (bicyclic) bond motifs is 1. The Morgan fingerprint density at radius 1 is 1.17 bits per heavy atom. The molecule has 1 amide bonds. The first-order valence-electron chi connectivity index (χ1n) is 15.6. The first kappa shape index (κ1) is 35.4. The third-order valence-electron chi connectivity index (χ3n) is 7.86. The van der Waals surface area contributed by atoms with E-state index in [1.54, 1.807) is 34.1 Å². The summed E-state index contributed by atoms with van der Waals surface area (Å²) < 4.78 is 18.3. The number of ether oxygens (including phenoxy) is 3. The Kier molecular flexibility index (Phi) is 11.2. The topological polar surface area (TPSA) is 137 Å². The third-order valence-corrected chi connectivity index (χ3v) is 8.95. The summed E-state index contributed by atoms with van der Waals surface area (Å²) in [6.45, 7) is 14.2. The van der Waals surface area contributed by atoms with Crippen LogP contribution < -0.4 is 5.32 Å². The number of hydrogen-bond acceptors (Lipinski definition) is 10. The molecule has 2 N–H and O–H groups in total. The maximum Gasteiger partial charge on any atom is 0.408 e. The fourth-order valence-corrected chi connectivity index (χ4v) is 6.61. The number of aliphatic hydroxyl groups is 1. The van der Waals surface area contributed by atoms with Gasteiger partial charge in [0, 0.05) is 49.8 Å². The van der Waals surface area contributed by atoms with Crippen LogP contribution in [-0.2, 0) is 32.0 Å². The number of aryl methyl sites for hydroxylation is 1. The molecule has 0 bridgehead atoms. The van der Waals surface area contributed by atoms with Crippen LogP contribution in [0.4, 0.5) is 4.79 Å². The van der Waals surface area contributed by atoms with Crippen molar-refractivity contribution in [1.29, 1.82) is 0 Å². The van der Waals surface area contributed by atoms with Crippen molar-refractivity contribution in [3.05, 3.63) is 47.4 Å². The molecule has 4 heterocycles. The number of pyridine rings is 2. The van der Waals surface area contributed by atoms with E-state index in [4.69, 9.17) is 29.2 Å². The van der Waals surface area contributed by atoms with Gasteiger partial charge in [-0.05, 0) is 70.7 Å². The third kappa shape index (κ3) is 8.08. The van der Waals surface area contributed by atoms with Gasteiger partial charge in [0.2, 0.25) is 0 Å². The van der Waals surface area contributed by atoms with Gasteiger partial charge in [-0.1, -0.05) is 13.8 Å². The molecule has 0 saturated carbocycles. The second-order valence-electron chi connectivity index (χ2n) is 13.3. The van der Waals surface area contributed by atoms with Gasteiger partial charge < -0.3 is 29.2 Å². The summed E-state index contributed by atoms with van der Waals surface area (Å²) in [7, 11) is 2.96. The van der Waals surface area contributed by atoms with Gasteiger partial charge >= 0.3 is 12.1 Å². The highest BCUT2D eigenvalue weighted by Crippen LogP contribution is 2.41. The number of aliphatic hydroxyl groups excluding tert-OH is 1. The highest BCUT2D eigenvalue weighted by Gasteiger charge is 2.32. The van der Waals surface area contributed by atoms with Gasteiger partial charge in [-0.2, -0.15) is 0 Å². The standard InChI is InChI=1S/C34H47N5O6S/c1-10-39-26-14-13-23(25-18-46-27(36-25)16-24(31(41)44-9)38-32(42)45-33(3,4)5)37-29(26)22(17-34(6,7)19-40)30(39)21-12-11-15-35-28(21)20(2)43-8/h11-15,20,24-25,40H,10,16-19H2,1-9H3,(H,38,42)/t20-,24-,25?/m0/s1. The van der Waals surface area contributed by atoms with Gasteiger partial charge in [0.15, 0.2) is 0 Å². The van der Waals surface area contributed by atoms with Crippen LogP contribution in [0.25, 0.3) is 22.3 Å². The second-order valence-corrected chi connectivity index (χ2v) is 14.4. The van der Waals surface area contributed by atoms with E-state index in [9.17, 15) is 14.7 Å². The molecule has 0 saturated heterocycles. The van der Waals surface area contributed by atoms with E-state index in [1.807, 2.05) is 32.9 Å². The Hall–Kier alpha value is -3.48. The van der Waals surface area contributed by atoms with Crippen molar-refractivity contribution >= 4 is 39.9 Å². The SMILES string of the molecule is CCn1c(-c2cccnc2[C@H](C)OC)c(CC(C)(C)CO)c2nc(C3CSC(C[C@H](NC(=O)OC(C)(C)C)C(=O)OC)=N3)ccc21. The van der Waals surface area contributed by atoms with E-state index in [2.05, 4.69) is 28.9 Å². The number of carbonyl (C=O) groups excluding carboxylic acids is 2. The Bertz CT molecular complexity index is 1590. The minimum atomic E-state index is -0.933. The first-order chi connectivity index (χ1) is 21.7. The highest BCUT2D eigenvalue weighted by molar-refractivity contribution is 8.14. The van der Waals surface area contributed by atoms with Crippen LogP contribution in [0, 0.1) is 5.41 Å². The first-order valence-corrected chi connectivity index (χ1v) is 16.6. The lowest BCUT2D eigenvalue weighted by molar-refractivity contribution is -0.142. The number of alkyl carbamates (subject to hydrolysis) is 1. The molecule has 46 heavy (non-hydrogen) atoms. The average Bonchev–Trinajstić information content (AvgIpc) is 3.60. The average molecular weight is 654 g/mol. The minimum absolute atomic E-state index is 0.0188. The molecular formula is C34H47N5O6S. The van der Waals surface area contributed by atoms with Gasteiger partial charge in [-0.3, -0.25) is 9.98 Å². The van der Waals surface area contributed by atoms with Crippen molar-refractivity contribution in [2.75, 3.05) is 26.6 Å². The second kappa shape index (κ2) is 14.5. The number of carbonyl (C=O) groups is 2. The van der Waals surface area contributed by atoms with Crippen molar-refractivity contribution in [3.63, 3.8) is 0 Å². The quantitative estimate of drug-likeness (QED) is 0.225. The fraction of sp³-hybridized carbons (Fsp3) is 0.559. The number of rotatable bonds is 12. The van der Waals surface area contributed by atoms with Gasteiger partial charge in [0.25, 0.3) is 0 Å². The van der Waals surface area contributed by atoms with Crippen LogP contribution in [0.2, 0.25) is 0 Å². The van der Waals surface area contributed by atoms with Crippen molar-refractivity contribution in [2.45, 2.75) is 91.6 Å². The summed E-state index contributed by atoms with van der Waals surface area (Å²) in [5, 5.41) is 13.6. The van der Waals surface area contributed by atoms with Crippen molar-refractivity contribution in [3.8, 4) is 11.3 Å². The van der Waals surface area contributed by atoms with Gasteiger partial charge in [0.1, 0.15) is 17.7 Å². The number of nitrogens with zero attached hydrogens (tertiary/aromatic N) is 4. The van der Waals surface area contributed by atoms with Crippen LogP contribution in [0.5, 0.6) is 0 Å². The molecule has 250 valence electrons. The summed E-state index contributed by atoms with van der Waals surface area (Å²) in [5.41, 5.74) is 5.44. The van der Waals surface area contributed by atoms with E-state index in [1.165, 1.54) is 18.9 Å². The number of hydrogen-bond donors (Lipinski definition) is 2. The smallest absolute Gasteiger partial charge is 0.408 e. The van der Waals surface area contributed by atoms with Crippen LogP contribution in [0.1, 0.15) is 84.0 Å². The Balaban J connectivity index is 1.75. The molecule has 1 unspecified atom stereocenters. The maximum atomic E-state index is 12.5. The van der Waals surface area contributed by atoms with Crippen LogP contribution in [0.15, 0.2) is 35.5 Å². The summed E-state index contributed by atoms with van der Waals surface area (Å²) in [4.78, 5) is 39.8. The monoisotopic (exact) mass is 653 g/mol. The number of amides is 1. The highest BCUT2D eigenvalue weighted by atomic mass is 32.2. The Morgan fingerprint density at radius 3 is 2.54 bits per heavy atom. The van der Waals surface area contributed by atoms with E-state index < -0.39 is 29.1 Å². The van der Waals surface area contributed by atoms with E-state index in [0.717, 1.165) is 44.3 Å². The van der Waals surface area contributed by atoms with Crippen LogP contribution >= 0.6 is 11.8 Å². The Morgan fingerprint density at radius 2 is 1.91 bits per heavy atom. The molecule has 3 atom stereocenters. The molecule has 0 aliphatic carbocycles. The molecular weight excluding hydrogens is 606 g/mol. The van der Waals surface area contributed by atoms with Crippen molar-refractivity contribution in [1.82, 2.24) is 19.9 Å². The largest absolute Gasteiger partial charge is 0.467 e. The fourth-order valence-electron chi connectivity index (χ4n) is 5.53.